The fourth-order valence-electron chi connectivity index (χ4n) is 1.74. The van der Waals surface area contributed by atoms with Crippen LogP contribution in [0.3, 0.4) is 0 Å². The second-order valence-corrected chi connectivity index (χ2v) is 4.02. The van der Waals surface area contributed by atoms with E-state index < -0.39 is 16.8 Å². The van der Waals surface area contributed by atoms with E-state index in [1.807, 2.05) is 0 Å². The summed E-state index contributed by atoms with van der Waals surface area (Å²) in [5, 5.41) is 10.7. The third-order valence-electron chi connectivity index (χ3n) is 2.65. The molecule has 1 rings (SSSR count). The number of nitrogens with zero attached hydrogens (tertiary/aromatic N) is 1. The van der Waals surface area contributed by atoms with Gasteiger partial charge in [0.15, 0.2) is 0 Å². The molecule has 1 aromatic carbocycles. The maximum atomic E-state index is 11.6. The lowest BCUT2D eigenvalue weighted by Gasteiger charge is -2.13. The number of rotatable bonds is 6. The fourth-order valence-corrected chi connectivity index (χ4v) is 1.74. The van der Waals surface area contributed by atoms with Crippen LogP contribution >= 0.6 is 0 Å². The highest BCUT2D eigenvalue weighted by molar-refractivity contribution is 5.88. The second-order valence-electron chi connectivity index (χ2n) is 4.02. The van der Waals surface area contributed by atoms with E-state index in [1.165, 1.54) is 25.1 Å². The Bertz CT molecular complexity index is 498. The van der Waals surface area contributed by atoms with Gasteiger partial charge in [-0.15, -0.1) is 0 Å². The first-order valence-corrected chi connectivity index (χ1v) is 5.86. The van der Waals surface area contributed by atoms with Gasteiger partial charge in [-0.3, -0.25) is 19.7 Å². The Morgan fingerprint density at radius 2 is 2.11 bits per heavy atom. The first kappa shape index (κ1) is 14.8. The van der Waals surface area contributed by atoms with Crippen molar-refractivity contribution in [2.45, 2.75) is 26.2 Å². The lowest BCUT2D eigenvalue weighted by molar-refractivity contribution is -0.384. The zero-order valence-electron chi connectivity index (χ0n) is 10.8. The summed E-state index contributed by atoms with van der Waals surface area (Å²) < 4.78 is 4.80. The van der Waals surface area contributed by atoms with E-state index in [2.05, 4.69) is 0 Å². The maximum absolute atomic E-state index is 11.6. The van der Waals surface area contributed by atoms with Gasteiger partial charge in [0, 0.05) is 12.1 Å². The SMILES string of the molecule is CCOC(=O)CC(C(C)=O)c1cccc([N+](=O)[O-])c1. The number of Topliss-reactive ketones (excluding diaryl/α,β-unsaturated/α-hetero) is 1. The normalized spacial score (nSPS) is 11.7. The third-order valence-corrected chi connectivity index (χ3v) is 2.65. The number of benzene rings is 1. The van der Waals surface area contributed by atoms with Gasteiger partial charge in [-0.2, -0.15) is 0 Å². The molecule has 0 aliphatic carbocycles. The van der Waals surface area contributed by atoms with Crippen LogP contribution in [-0.4, -0.2) is 23.3 Å². The number of carbonyl (C=O) groups is 2. The molecule has 0 aromatic heterocycles. The number of nitro groups is 1. The molecule has 0 saturated heterocycles. The van der Waals surface area contributed by atoms with Gasteiger partial charge in [-0.1, -0.05) is 12.1 Å². The summed E-state index contributed by atoms with van der Waals surface area (Å²) >= 11 is 0. The van der Waals surface area contributed by atoms with Crippen molar-refractivity contribution in [2.75, 3.05) is 6.61 Å². The van der Waals surface area contributed by atoms with Crippen LogP contribution < -0.4 is 0 Å². The number of esters is 1. The standard InChI is InChI=1S/C13H15NO5/c1-3-19-13(16)8-12(9(2)15)10-5-4-6-11(7-10)14(17)18/h4-7,12H,3,8H2,1-2H3. The van der Waals surface area contributed by atoms with Crippen LogP contribution in [0.25, 0.3) is 0 Å². The predicted octanol–water partition coefficient (Wildman–Crippen LogP) is 2.22. The molecular weight excluding hydrogens is 250 g/mol. The van der Waals surface area contributed by atoms with Gasteiger partial charge in [0.1, 0.15) is 5.78 Å². The molecule has 0 heterocycles. The summed E-state index contributed by atoms with van der Waals surface area (Å²) in [6.07, 6.45) is -0.107. The van der Waals surface area contributed by atoms with Gasteiger partial charge >= 0.3 is 5.97 Å². The predicted molar refractivity (Wildman–Crippen MR) is 67.8 cm³/mol. The molecule has 0 aliphatic heterocycles. The van der Waals surface area contributed by atoms with Gasteiger partial charge in [-0.05, 0) is 19.4 Å². The summed E-state index contributed by atoms with van der Waals surface area (Å²) in [7, 11) is 0. The number of nitro benzene ring substituents is 1. The first-order chi connectivity index (χ1) is 8.95. The van der Waals surface area contributed by atoms with E-state index >= 15 is 0 Å². The Morgan fingerprint density at radius 3 is 2.63 bits per heavy atom. The van der Waals surface area contributed by atoms with Crippen molar-refractivity contribution in [2.24, 2.45) is 0 Å². The minimum absolute atomic E-state index is 0.104. The highest BCUT2D eigenvalue weighted by Gasteiger charge is 2.22. The van der Waals surface area contributed by atoms with Gasteiger partial charge in [-0.25, -0.2) is 0 Å². The summed E-state index contributed by atoms with van der Waals surface area (Å²) in [6, 6.07) is 5.74. The Hall–Kier alpha value is -2.24. The molecular formula is C13H15NO5. The number of hydrogen-bond acceptors (Lipinski definition) is 5. The average Bonchev–Trinajstić information content (AvgIpc) is 2.36. The Balaban J connectivity index is 2.99. The molecule has 0 aliphatic rings. The Morgan fingerprint density at radius 1 is 1.42 bits per heavy atom. The minimum Gasteiger partial charge on any atom is -0.466 e. The molecule has 0 bridgehead atoms. The van der Waals surface area contributed by atoms with Crippen LogP contribution in [0.15, 0.2) is 24.3 Å². The lowest BCUT2D eigenvalue weighted by atomic mass is 9.92. The smallest absolute Gasteiger partial charge is 0.306 e. The van der Waals surface area contributed by atoms with E-state index in [0.717, 1.165) is 0 Å². The molecule has 6 nitrogen and oxygen atoms in total. The average molecular weight is 265 g/mol. The van der Waals surface area contributed by atoms with Gasteiger partial charge < -0.3 is 4.74 Å². The highest BCUT2D eigenvalue weighted by Crippen LogP contribution is 2.25. The van der Waals surface area contributed by atoms with Crippen LogP contribution in [0.4, 0.5) is 5.69 Å². The molecule has 6 heteroatoms. The quantitative estimate of drug-likeness (QED) is 0.447. The van der Waals surface area contributed by atoms with Gasteiger partial charge in [0.25, 0.3) is 5.69 Å². The largest absolute Gasteiger partial charge is 0.466 e. The topological polar surface area (TPSA) is 86.5 Å². The molecule has 0 radical (unpaired) electrons. The summed E-state index contributed by atoms with van der Waals surface area (Å²) in [6.45, 7) is 3.26. The highest BCUT2D eigenvalue weighted by atomic mass is 16.6. The summed E-state index contributed by atoms with van der Waals surface area (Å²) in [5.41, 5.74) is 0.349. The monoisotopic (exact) mass is 265 g/mol. The van der Waals surface area contributed by atoms with Crippen molar-refractivity contribution in [3.8, 4) is 0 Å². The third kappa shape index (κ3) is 4.17. The molecule has 0 amide bonds. The summed E-state index contributed by atoms with van der Waals surface area (Å²) in [5.74, 6) is -1.43. The molecule has 102 valence electrons. The number of carbonyl (C=O) groups excluding carboxylic acids is 2. The number of hydrogen-bond donors (Lipinski definition) is 0. The van der Waals surface area contributed by atoms with Crippen molar-refractivity contribution >= 4 is 17.4 Å². The number of non-ortho nitro benzene ring substituents is 1. The van der Waals surface area contributed by atoms with Crippen molar-refractivity contribution < 1.29 is 19.2 Å². The van der Waals surface area contributed by atoms with Crippen LogP contribution in [-0.2, 0) is 14.3 Å². The van der Waals surface area contributed by atoms with E-state index in [0.29, 0.717) is 5.56 Å². The zero-order valence-corrected chi connectivity index (χ0v) is 10.8. The zero-order chi connectivity index (χ0) is 14.4. The molecule has 1 unspecified atom stereocenters. The van der Waals surface area contributed by atoms with Gasteiger partial charge in [0.05, 0.1) is 23.9 Å². The minimum atomic E-state index is -0.709. The maximum Gasteiger partial charge on any atom is 0.306 e. The van der Waals surface area contributed by atoms with Crippen molar-refractivity contribution in [3.05, 3.63) is 39.9 Å². The second kappa shape index (κ2) is 6.63. The van der Waals surface area contributed by atoms with Gasteiger partial charge in [0.2, 0.25) is 0 Å². The lowest BCUT2D eigenvalue weighted by Crippen LogP contribution is -2.16. The molecule has 0 saturated carbocycles. The number of ether oxygens (including phenoxy) is 1. The van der Waals surface area contributed by atoms with E-state index in [4.69, 9.17) is 4.74 Å². The van der Waals surface area contributed by atoms with Crippen LogP contribution in [0, 0.1) is 10.1 Å². The molecule has 1 aromatic rings. The van der Waals surface area contributed by atoms with E-state index in [9.17, 15) is 19.7 Å². The van der Waals surface area contributed by atoms with Crippen molar-refractivity contribution in [3.63, 3.8) is 0 Å². The first-order valence-electron chi connectivity index (χ1n) is 5.86. The number of ketones is 1. The van der Waals surface area contributed by atoms with E-state index in [1.54, 1.807) is 13.0 Å². The summed E-state index contributed by atoms with van der Waals surface area (Å²) in [4.78, 5) is 33.2. The molecule has 19 heavy (non-hydrogen) atoms. The molecule has 0 fully saturated rings. The van der Waals surface area contributed by atoms with Crippen LogP contribution in [0.2, 0.25) is 0 Å². The van der Waals surface area contributed by atoms with E-state index in [-0.39, 0.29) is 24.5 Å². The Labute approximate surface area is 110 Å². The molecule has 1 atom stereocenters. The van der Waals surface area contributed by atoms with Crippen molar-refractivity contribution in [1.82, 2.24) is 0 Å². The van der Waals surface area contributed by atoms with Crippen molar-refractivity contribution in [1.29, 1.82) is 0 Å². The Kier molecular flexibility index (Phi) is 5.17. The van der Waals surface area contributed by atoms with Crippen LogP contribution in [0.5, 0.6) is 0 Å². The molecule has 0 spiro atoms. The fraction of sp³-hybridized carbons (Fsp3) is 0.385. The van der Waals surface area contributed by atoms with Crippen LogP contribution in [0.1, 0.15) is 31.7 Å². The molecule has 0 N–H and O–H groups in total.